The minimum absolute atomic E-state index is 0.0409. The van der Waals surface area contributed by atoms with Gasteiger partial charge in [-0.1, -0.05) is 0 Å². The first kappa shape index (κ1) is 11.5. The van der Waals surface area contributed by atoms with E-state index in [1.54, 1.807) is 6.07 Å². The molecule has 1 amide bonds. The molecule has 1 aliphatic rings. The number of ether oxygens (including phenoxy) is 1. The van der Waals surface area contributed by atoms with Crippen LogP contribution in [0.25, 0.3) is 0 Å². The summed E-state index contributed by atoms with van der Waals surface area (Å²) in [6.07, 6.45) is 0.810. The second-order valence-electron chi connectivity index (χ2n) is 3.66. The first-order chi connectivity index (χ1) is 7.66. The number of rotatable bonds is 2. The van der Waals surface area contributed by atoms with Gasteiger partial charge in [-0.05, 0) is 40.5 Å². The van der Waals surface area contributed by atoms with Crippen molar-refractivity contribution in [2.75, 3.05) is 13.2 Å². The second-order valence-corrected chi connectivity index (χ2v) is 4.52. The SMILES string of the molecule is O=C(N[C@@H]1CCOC1)c1ccc(Br)c(F)c1. The van der Waals surface area contributed by atoms with Gasteiger partial charge in [0.1, 0.15) is 5.82 Å². The molecule has 2 rings (SSSR count). The Morgan fingerprint density at radius 2 is 2.38 bits per heavy atom. The molecule has 0 unspecified atom stereocenters. The lowest BCUT2D eigenvalue weighted by molar-refractivity contribution is 0.0929. The van der Waals surface area contributed by atoms with Crippen molar-refractivity contribution in [2.24, 2.45) is 0 Å². The highest BCUT2D eigenvalue weighted by atomic mass is 79.9. The largest absolute Gasteiger partial charge is 0.379 e. The summed E-state index contributed by atoms with van der Waals surface area (Å²) in [7, 11) is 0. The molecule has 86 valence electrons. The van der Waals surface area contributed by atoms with Crippen LogP contribution in [0.1, 0.15) is 16.8 Å². The van der Waals surface area contributed by atoms with Gasteiger partial charge in [0.05, 0.1) is 17.1 Å². The number of nitrogens with one attached hydrogen (secondary N) is 1. The summed E-state index contributed by atoms with van der Waals surface area (Å²) in [6.45, 7) is 1.20. The predicted octanol–water partition coefficient (Wildman–Crippen LogP) is 2.11. The van der Waals surface area contributed by atoms with Crippen LogP contribution >= 0.6 is 15.9 Å². The van der Waals surface area contributed by atoms with E-state index in [1.165, 1.54) is 12.1 Å². The lowest BCUT2D eigenvalue weighted by Crippen LogP contribution is -2.35. The molecule has 0 aromatic heterocycles. The summed E-state index contributed by atoms with van der Waals surface area (Å²) < 4.78 is 18.7. The van der Waals surface area contributed by atoms with Crippen LogP contribution in [0, 0.1) is 5.82 Å². The molecule has 1 N–H and O–H groups in total. The van der Waals surface area contributed by atoms with E-state index < -0.39 is 5.82 Å². The van der Waals surface area contributed by atoms with Crippen molar-refractivity contribution in [3.8, 4) is 0 Å². The summed E-state index contributed by atoms with van der Waals surface area (Å²) in [4.78, 5) is 11.7. The minimum atomic E-state index is -0.435. The van der Waals surface area contributed by atoms with Crippen LogP contribution in [0.15, 0.2) is 22.7 Å². The maximum Gasteiger partial charge on any atom is 0.251 e. The van der Waals surface area contributed by atoms with E-state index >= 15 is 0 Å². The molecule has 16 heavy (non-hydrogen) atoms. The molecule has 0 aliphatic carbocycles. The Hall–Kier alpha value is -0.940. The molecule has 1 atom stereocenters. The molecule has 0 saturated carbocycles. The van der Waals surface area contributed by atoms with Crippen LogP contribution in [-0.2, 0) is 4.74 Å². The molecule has 1 aromatic rings. The maximum absolute atomic E-state index is 13.2. The quantitative estimate of drug-likeness (QED) is 0.905. The zero-order valence-electron chi connectivity index (χ0n) is 8.50. The second kappa shape index (κ2) is 4.93. The average Bonchev–Trinajstić information content (AvgIpc) is 2.74. The van der Waals surface area contributed by atoms with Gasteiger partial charge in [-0.25, -0.2) is 4.39 Å². The van der Waals surface area contributed by atoms with Gasteiger partial charge in [0, 0.05) is 12.2 Å². The highest BCUT2D eigenvalue weighted by Gasteiger charge is 2.18. The number of carbonyl (C=O) groups excluding carboxylic acids is 1. The highest BCUT2D eigenvalue weighted by molar-refractivity contribution is 9.10. The molecular weight excluding hydrogens is 277 g/mol. The molecule has 3 nitrogen and oxygen atoms in total. The Morgan fingerprint density at radius 3 is 3.00 bits per heavy atom. The van der Waals surface area contributed by atoms with Crippen LogP contribution < -0.4 is 5.32 Å². The molecule has 1 aromatic carbocycles. The molecule has 1 saturated heterocycles. The van der Waals surface area contributed by atoms with E-state index in [9.17, 15) is 9.18 Å². The third-order valence-electron chi connectivity index (χ3n) is 2.45. The average molecular weight is 288 g/mol. The third kappa shape index (κ3) is 2.59. The smallest absolute Gasteiger partial charge is 0.251 e. The van der Waals surface area contributed by atoms with Crippen LogP contribution in [0.3, 0.4) is 0 Å². The number of benzene rings is 1. The van der Waals surface area contributed by atoms with Crippen molar-refractivity contribution in [1.29, 1.82) is 0 Å². The lowest BCUT2D eigenvalue weighted by atomic mass is 10.2. The van der Waals surface area contributed by atoms with E-state index in [2.05, 4.69) is 21.2 Å². The Balaban J connectivity index is 2.05. The predicted molar refractivity (Wildman–Crippen MR) is 60.8 cm³/mol. The number of carbonyl (C=O) groups is 1. The van der Waals surface area contributed by atoms with Crippen molar-refractivity contribution in [3.05, 3.63) is 34.1 Å². The van der Waals surface area contributed by atoms with E-state index in [0.29, 0.717) is 23.2 Å². The fourth-order valence-electron chi connectivity index (χ4n) is 1.55. The van der Waals surface area contributed by atoms with Gasteiger partial charge in [-0.2, -0.15) is 0 Å². The van der Waals surface area contributed by atoms with Crippen LogP contribution in [0.5, 0.6) is 0 Å². The zero-order chi connectivity index (χ0) is 11.5. The standard InChI is InChI=1S/C11H11BrFNO2/c12-9-2-1-7(5-10(9)13)11(15)14-8-3-4-16-6-8/h1-2,5,8H,3-4,6H2,(H,14,15)/t8-/m1/s1. The molecule has 1 aliphatic heterocycles. The maximum atomic E-state index is 13.2. The Labute approximate surface area is 101 Å². The van der Waals surface area contributed by atoms with Gasteiger partial charge in [-0.3, -0.25) is 4.79 Å². The molecule has 1 fully saturated rings. The monoisotopic (exact) mass is 287 g/mol. The van der Waals surface area contributed by atoms with Gasteiger partial charge >= 0.3 is 0 Å². The molecular formula is C11H11BrFNO2. The first-order valence-corrected chi connectivity index (χ1v) is 5.80. The van der Waals surface area contributed by atoms with Crippen molar-refractivity contribution in [3.63, 3.8) is 0 Å². The van der Waals surface area contributed by atoms with Gasteiger partial charge in [0.2, 0.25) is 0 Å². The fraction of sp³-hybridized carbons (Fsp3) is 0.364. The zero-order valence-corrected chi connectivity index (χ0v) is 10.1. The van der Waals surface area contributed by atoms with E-state index in [0.717, 1.165) is 6.42 Å². The van der Waals surface area contributed by atoms with Gasteiger partial charge in [-0.15, -0.1) is 0 Å². The topological polar surface area (TPSA) is 38.3 Å². The lowest BCUT2D eigenvalue weighted by Gasteiger charge is -2.10. The Kier molecular flexibility index (Phi) is 3.56. The number of hydrogen-bond acceptors (Lipinski definition) is 2. The van der Waals surface area contributed by atoms with Crippen molar-refractivity contribution >= 4 is 21.8 Å². The van der Waals surface area contributed by atoms with Crippen LogP contribution in [0.4, 0.5) is 4.39 Å². The molecule has 0 spiro atoms. The van der Waals surface area contributed by atoms with Gasteiger partial charge in [0.15, 0.2) is 0 Å². The van der Waals surface area contributed by atoms with Crippen LogP contribution in [0.2, 0.25) is 0 Å². The van der Waals surface area contributed by atoms with E-state index in [4.69, 9.17) is 4.74 Å². The third-order valence-corrected chi connectivity index (χ3v) is 3.09. The summed E-state index contributed by atoms with van der Waals surface area (Å²) in [5, 5.41) is 2.80. The van der Waals surface area contributed by atoms with E-state index in [-0.39, 0.29) is 11.9 Å². The van der Waals surface area contributed by atoms with Crippen molar-refractivity contribution in [2.45, 2.75) is 12.5 Å². The van der Waals surface area contributed by atoms with Gasteiger partial charge < -0.3 is 10.1 Å². The summed E-state index contributed by atoms with van der Waals surface area (Å²) >= 11 is 3.04. The summed E-state index contributed by atoms with van der Waals surface area (Å²) in [5.41, 5.74) is 0.326. The van der Waals surface area contributed by atoms with Crippen molar-refractivity contribution in [1.82, 2.24) is 5.32 Å². The Bertz CT molecular complexity index is 405. The summed E-state index contributed by atoms with van der Waals surface area (Å²) in [5.74, 6) is -0.697. The minimum Gasteiger partial charge on any atom is -0.379 e. The summed E-state index contributed by atoms with van der Waals surface area (Å²) in [6, 6.07) is 4.36. The number of amides is 1. The molecule has 0 radical (unpaired) electrons. The normalized spacial score (nSPS) is 19.8. The van der Waals surface area contributed by atoms with E-state index in [1.807, 2.05) is 0 Å². The van der Waals surface area contributed by atoms with Crippen molar-refractivity contribution < 1.29 is 13.9 Å². The molecule has 0 bridgehead atoms. The Morgan fingerprint density at radius 1 is 1.56 bits per heavy atom. The molecule has 1 heterocycles. The number of halogens is 2. The fourth-order valence-corrected chi connectivity index (χ4v) is 1.80. The number of hydrogen-bond donors (Lipinski definition) is 1. The molecule has 5 heteroatoms. The van der Waals surface area contributed by atoms with Gasteiger partial charge in [0.25, 0.3) is 5.91 Å². The first-order valence-electron chi connectivity index (χ1n) is 5.00. The highest BCUT2D eigenvalue weighted by Crippen LogP contribution is 2.16. The van der Waals surface area contributed by atoms with Crippen LogP contribution in [-0.4, -0.2) is 25.2 Å².